The van der Waals surface area contributed by atoms with Gasteiger partial charge in [-0.1, -0.05) is 31.8 Å². The molecule has 1 aliphatic rings. The molecule has 1 aromatic rings. The largest absolute Gasteiger partial charge is 0.373 e. The van der Waals surface area contributed by atoms with Crippen molar-refractivity contribution in [3.05, 3.63) is 11.7 Å². The number of nitrogens with zero attached hydrogens (tertiary/aromatic N) is 2. The highest BCUT2D eigenvalue weighted by molar-refractivity contribution is 4.96. The molecular formula is C15H27N3O2. The summed E-state index contributed by atoms with van der Waals surface area (Å²) in [6.45, 7) is 4.19. The molecule has 0 amide bonds. The minimum absolute atomic E-state index is 0.0907. The molecule has 1 heterocycles. The molecule has 1 aromatic heterocycles. The van der Waals surface area contributed by atoms with Crippen LogP contribution in [0.4, 0.5) is 0 Å². The molecule has 1 N–H and O–H groups in total. The molecule has 114 valence electrons. The smallest absolute Gasteiger partial charge is 0.228 e. The molecular weight excluding hydrogens is 254 g/mol. The van der Waals surface area contributed by atoms with E-state index in [9.17, 15) is 0 Å². The summed E-state index contributed by atoms with van der Waals surface area (Å²) in [5.41, 5.74) is 0. The van der Waals surface area contributed by atoms with Gasteiger partial charge in [-0.15, -0.1) is 0 Å². The lowest BCUT2D eigenvalue weighted by Crippen LogP contribution is -2.34. The minimum Gasteiger partial charge on any atom is -0.373 e. The summed E-state index contributed by atoms with van der Waals surface area (Å²) in [6.07, 6.45) is 6.02. The van der Waals surface area contributed by atoms with Crippen molar-refractivity contribution in [3.8, 4) is 0 Å². The number of hydrogen-bond acceptors (Lipinski definition) is 5. The molecule has 1 saturated carbocycles. The zero-order valence-electron chi connectivity index (χ0n) is 13.1. The maximum atomic E-state index is 5.44. The minimum atomic E-state index is -0.0907. The third-order valence-corrected chi connectivity index (χ3v) is 4.33. The van der Waals surface area contributed by atoms with Crippen LogP contribution in [0.25, 0.3) is 0 Å². The molecule has 2 rings (SSSR count). The Hall–Kier alpha value is -0.940. The van der Waals surface area contributed by atoms with Crippen LogP contribution in [-0.4, -0.2) is 30.3 Å². The van der Waals surface area contributed by atoms with Crippen LogP contribution in [0, 0.1) is 11.8 Å². The SMILES string of the molecule is CNC(Cc1nc(C(OC)C(C)C)no1)C1CCCC1. The van der Waals surface area contributed by atoms with Crippen molar-refractivity contribution in [1.82, 2.24) is 15.5 Å². The molecule has 0 bridgehead atoms. The van der Waals surface area contributed by atoms with Gasteiger partial charge in [0.25, 0.3) is 0 Å². The van der Waals surface area contributed by atoms with Crippen LogP contribution in [-0.2, 0) is 11.2 Å². The highest BCUT2D eigenvalue weighted by atomic mass is 16.5. The molecule has 0 saturated heterocycles. The van der Waals surface area contributed by atoms with Crippen LogP contribution < -0.4 is 5.32 Å². The number of rotatable bonds is 7. The Labute approximate surface area is 121 Å². The molecule has 0 spiro atoms. The lowest BCUT2D eigenvalue weighted by molar-refractivity contribution is 0.0555. The van der Waals surface area contributed by atoms with Crippen molar-refractivity contribution < 1.29 is 9.26 Å². The first kappa shape index (κ1) is 15.4. The van der Waals surface area contributed by atoms with Crippen molar-refractivity contribution in [1.29, 1.82) is 0 Å². The quantitative estimate of drug-likeness (QED) is 0.832. The van der Waals surface area contributed by atoms with E-state index in [0.717, 1.165) is 12.3 Å². The summed E-state index contributed by atoms with van der Waals surface area (Å²) in [6, 6.07) is 0.436. The normalized spacial score (nSPS) is 19.6. The number of likely N-dealkylation sites (N-methyl/N-ethyl adjacent to an activating group) is 1. The standard InChI is InChI=1S/C15H27N3O2/c1-10(2)14(19-4)15-17-13(20-18-15)9-12(16-3)11-7-5-6-8-11/h10-12,14,16H,5-9H2,1-4H3. The van der Waals surface area contributed by atoms with E-state index in [4.69, 9.17) is 9.26 Å². The molecule has 1 aliphatic carbocycles. The molecule has 1 fully saturated rings. The summed E-state index contributed by atoms with van der Waals surface area (Å²) >= 11 is 0. The van der Waals surface area contributed by atoms with E-state index in [1.807, 2.05) is 7.05 Å². The van der Waals surface area contributed by atoms with E-state index in [-0.39, 0.29) is 6.10 Å². The highest BCUT2D eigenvalue weighted by Gasteiger charge is 2.27. The van der Waals surface area contributed by atoms with Gasteiger partial charge in [-0.3, -0.25) is 0 Å². The Morgan fingerprint density at radius 1 is 1.35 bits per heavy atom. The predicted molar refractivity (Wildman–Crippen MR) is 77.4 cm³/mol. The third-order valence-electron chi connectivity index (χ3n) is 4.33. The lowest BCUT2D eigenvalue weighted by Gasteiger charge is -2.21. The van der Waals surface area contributed by atoms with Gasteiger partial charge in [0.2, 0.25) is 11.7 Å². The summed E-state index contributed by atoms with van der Waals surface area (Å²) < 4.78 is 10.8. The van der Waals surface area contributed by atoms with Crippen LogP contribution in [0.5, 0.6) is 0 Å². The van der Waals surface area contributed by atoms with Gasteiger partial charge in [0.05, 0.1) is 0 Å². The van der Waals surface area contributed by atoms with E-state index in [0.29, 0.717) is 23.7 Å². The number of nitrogens with one attached hydrogen (secondary N) is 1. The fourth-order valence-corrected chi connectivity index (χ4v) is 3.19. The van der Waals surface area contributed by atoms with Crippen molar-refractivity contribution >= 4 is 0 Å². The van der Waals surface area contributed by atoms with Crippen molar-refractivity contribution in [2.45, 2.75) is 58.1 Å². The molecule has 0 radical (unpaired) electrons. The van der Waals surface area contributed by atoms with Crippen LogP contribution in [0.2, 0.25) is 0 Å². The number of hydrogen-bond donors (Lipinski definition) is 1. The van der Waals surface area contributed by atoms with E-state index in [1.54, 1.807) is 7.11 Å². The average Bonchev–Trinajstić information content (AvgIpc) is 3.07. The monoisotopic (exact) mass is 281 g/mol. The van der Waals surface area contributed by atoms with Gasteiger partial charge >= 0.3 is 0 Å². The fraction of sp³-hybridized carbons (Fsp3) is 0.867. The first-order valence-electron chi connectivity index (χ1n) is 7.68. The van der Waals surface area contributed by atoms with Gasteiger partial charge in [0.15, 0.2) is 0 Å². The second-order valence-electron chi connectivity index (χ2n) is 6.09. The van der Waals surface area contributed by atoms with Gasteiger partial charge in [-0.25, -0.2) is 0 Å². The Morgan fingerprint density at radius 2 is 2.05 bits per heavy atom. The molecule has 2 atom stereocenters. The summed E-state index contributed by atoms with van der Waals surface area (Å²) in [7, 11) is 3.71. The molecule has 20 heavy (non-hydrogen) atoms. The van der Waals surface area contributed by atoms with Crippen molar-refractivity contribution in [2.24, 2.45) is 11.8 Å². The predicted octanol–water partition coefficient (Wildman–Crippen LogP) is 2.73. The van der Waals surface area contributed by atoms with Crippen LogP contribution in [0.3, 0.4) is 0 Å². The third kappa shape index (κ3) is 3.58. The molecule has 0 aromatic carbocycles. The zero-order chi connectivity index (χ0) is 14.5. The number of methoxy groups -OCH3 is 1. The Morgan fingerprint density at radius 3 is 2.60 bits per heavy atom. The second kappa shape index (κ2) is 7.18. The Bertz CT molecular complexity index is 400. The second-order valence-corrected chi connectivity index (χ2v) is 6.09. The zero-order valence-corrected chi connectivity index (χ0v) is 13.1. The Kier molecular flexibility index (Phi) is 5.54. The number of ether oxygens (including phenoxy) is 1. The van der Waals surface area contributed by atoms with E-state index < -0.39 is 0 Å². The topological polar surface area (TPSA) is 60.2 Å². The van der Waals surface area contributed by atoms with E-state index >= 15 is 0 Å². The van der Waals surface area contributed by atoms with Gasteiger partial charge in [0, 0.05) is 19.6 Å². The van der Waals surface area contributed by atoms with E-state index in [2.05, 4.69) is 29.3 Å². The fourth-order valence-electron chi connectivity index (χ4n) is 3.19. The van der Waals surface area contributed by atoms with Gasteiger partial charge in [-0.2, -0.15) is 4.98 Å². The molecule has 5 heteroatoms. The van der Waals surface area contributed by atoms with Gasteiger partial charge in [-0.05, 0) is 31.7 Å². The first-order chi connectivity index (χ1) is 9.65. The van der Waals surface area contributed by atoms with E-state index in [1.165, 1.54) is 25.7 Å². The Balaban J connectivity index is 2.00. The first-order valence-corrected chi connectivity index (χ1v) is 7.68. The maximum Gasteiger partial charge on any atom is 0.228 e. The molecule has 2 unspecified atom stereocenters. The van der Waals surface area contributed by atoms with Gasteiger partial charge in [0.1, 0.15) is 6.10 Å². The average molecular weight is 281 g/mol. The number of aromatic nitrogens is 2. The summed E-state index contributed by atoms with van der Waals surface area (Å²) in [5.74, 6) is 2.45. The summed E-state index contributed by atoms with van der Waals surface area (Å²) in [4.78, 5) is 4.52. The van der Waals surface area contributed by atoms with Crippen molar-refractivity contribution in [3.63, 3.8) is 0 Å². The lowest BCUT2D eigenvalue weighted by atomic mass is 9.95. The van der Waals surface area contributed by atoms with Crippen LogP contribution in [0.15, 0.2) is 4.52 Å². The highest BCUT2D eigenvalue weighted by Crippen LogP contribution is 2.29. The van der Waals surface area contributed by atoms with Gasteiger partial charge < -0.3 is 14.6 Å². The molecule has 0 aliphatic heterocycles. The summed E-state index contributed by atoms with van der Waals surface area (Å²) in [5, 5.41) is 7.49. The molecule has 5 nitrogen and oxygen atoms in total. The van der Waals surface area contributed by atoms with Crippen LogP contribution in [0.1, 0.15) is 57.3 Å². The maximum absolute atomic E-state index is 5.44. The van der Waals surface area contributed by atoms with Crippen molar-refractivity contribution in [2.75, 3.05) is 14.2 Å². The van der Waals surface area contributed by atoms with Crippen LogP contribution >= 0.6 is 0 Å².